The van der Waals surface area contributed by atoms with E-state index in [1.54, 1.807) is 6.20 Å². The molecule has 0 spiro atoms. The maximum atomic E-state index is 6.41. The first-order chi connectivity index (χ1) is 10.3. The molecule has 0 radical (unpaired) electrons. The molecule has 3 heteroatoms. The Morgan fingerprint density at radius 2 is 1.71 bits per heavy atom. The van der Waals surface area contributed by atoms with Gasteiger partial charge in [0.15, 0.2) is 0 Å². The average Bonchev–Trinajstić information content (AvgIpc) is 2.97. The fraction of sp³-hybridized carbons (Fsp3) is 0.0556. The molecule has 0 bridgehead atoms. The minimum absolute atomic E-state index is 0.323. The zero-order valence-corrected chi connectivity index (χ0v) is 11.4. The fourth-order valence-corrected chi connectivity index (χ4v) is 2.69. The molecule has 0 saturated heterocycles. The normalized spacial score (nSPS) is 12.8. The quantitative estimate of drug-likeness (QED) is 0.600. The number of fused-ring (bicyclic) bond motifs is 2. The van der Waals surface area contributed by atoms with Crippen LogP contribution in [0.5, 0.6) is 0 Å². The van der Waals surface area contributed by atoms with Crippen LogP contribution in [0.4, 0.5) is 0 Å². The number of hydrogen-bond acceptors (Lipinski definition) is 3. The van der Waals surface area contributed by atoms with Crippen LogP contribution in [0.2, 0.25) is 0 Å². The molecule has 0 aliphatic carbocycles. The number of para-hydroxylation sites is 2. The number of nitrogens with zero attached hydrogens (tertiary/aromatic N) is 1. The van der Waals surface area contributed by atoms with Gasteiger partial charge in [0.05, 0.1) is 11.6 Å². The van der Waals surface area contributed by atoms with Crippen LogP contribution in [-0.4, -0.2) is 4.98 Å². The number of rotatable bonds is 2. The Morgan fingerprint density at radius 3 is 2.62 bits per heavy atom. The van der Waals surface area contributed by atoms with Crippen LogP contribution < -0.4 is 5.73 Å². The molecule has 1 unspecified atom stereocenters. The molecule has 2 aromatic heterocycles. The Bertz CT molecular complexity index is 888. The topological polar surface area (TPSA) is 52.0 Å². The molecule has 4 rings (SSSR count). The smallest absolute Gasteiger partial charge is 0.134 e. The maximum Gasteiger partial charge on any atom is 0.134 e. The van der Waals surface area contributed by atoms with Gasteiger partial charge in [-0.1, -0.05) is 42.5 Å². The minimum Gasteiger partial charge on any atom is -0.459 e. The SMILES string of the molecule is NC(c1cc2ccccc2o1)c1cccc2cccnc12. The van der Waals surface area contributed by atoms with E-state index in [-0.39, 0.29) is 6.04 Å². The monoisotopic (exact) mass is 274 g/mol. The van der Waals surface area contributed by atoms with E-state index in [9.17, 15) is 0 Å². The van der Waals surface area contributed by atoms with Crippen molar-refractivity contribution in [3.63, 3.8) is 0 Å². The molecular weight excluding hydrogens is 260 g/mol. The summed E-state index contributed by atoms with van der Waals surface area (Å²) in [6, 6.07) is 19.6. The number of aromatic nitrogens is 1. The van der Waals surface area contributed by atoms with Crippen molar-refractivity contribution >= 4 is 21.9 Å². The van der Waals surface area contributed by atoms with Crippen molar-refractivity contribution in [2.75, 3.05) is 0 Å². The Morgan fingerprint density at radius 1 is 0.905 bits per heavy atom. The van der Waals surface area contributed by atoms with Gasteiger partial charge in [-0.05, 0) is 18.2 Å². The molecule has 0 aliphatic rings. The van der Waals surface area contributed by atoms with Gasteiger partial charge in [0.25, 0.3) is 0 Å². The molecule has 0 aliphatic heterocycles. The highest BCUT2D eigenvalue weighted by Crippen LogP contribution is 2.29. The van der Waals surface area contributed by atoms with Crippen molar-refractivity contribution in [3.05, 3.63) is 78.2 Å². The lowest BCUT2D eigenvalue weighted by Crippen LogP contribution is -2.11. The second-order valence-electron chi connectivity index (χ2n) is 5.09. The van der Waals surface area contributed by atoms with Gasteiger partial charge in [0.1, 0.15) is 11.3 Å². The van der Waals surface area contributed by atoms with Crippen molar-refractivity contribution in [2.24, 2.45) is 5.73 Å². The Balaban J connectivity index is 1.87. The minimum atomic E-state index is -0.323. The van der Waals surface area contributed by atoms with Crippen molar-refractivity contribution in [3.8, 4) is 0 Å². The van der Waals surface area contributed by atoms with E-state index in [0.717, 1.165) is 33.2 Å². The standard InChI is InChI=1S/C18H14N2O/c19-17(16-11-13-5-1-2-9-15(13)21-16)14-8-3-6-12-7-4-10-20-18(12)14/h1-11,17H,19H2. The summed E-state index contributed by atoms with van der Waals surface area (Å²) in [5.41, 5.74) is 9.17. The van der Waals surface area contributed by atoms with E-state index in [0.29, 0.717) is 0 Å². The van der Waals surface area contributed by atoms with Crippen molar-refractivity contribution in [2.45, 2.75) is 6.04 Å². The zero-order valence-electron chi connectivity index (χ0n) is 11.4. The van der Waals surface area contributed by atoms with Gasteiger partial charge in [-0.15, -0.1) is 0 Å². The number of benzene rings is 2. The van der Waals surface area contributed by atoms with Crippen LogP contribution in [0.3, 0.4) is 0 Å². The summed E-state index contributed by atoms with van der Waals surface area (Å²) in [5, 5.41) is 2.15. The number of pyridine rings is 1. The molecule has 0 saturated carbocycles. The van der Waals surface area contributed by atoms with Gasteiger partial charge in [-0.2, -0.15) is 0 Å². The van der Waals surface area contributed by atoms with Crippen molar-refractivity contribution < 1.29 is 4.42 Å². The van der Waals surface area contributed by atoms with Gasteiger partial charge in [0.2, 0.25) is 0 Å². The second kappa shape index (κ2) is 4.72. The number of furan rings is 1. The lowest BCUT2D eigenvalue weighted by molar-refractivity contribution is 0.526. The van der Waals surface area contributed by atoms with Crippen LogP contribution in [0, 0.1) is 0 Å². The zero-order chi connectivity index (χ0) is 14.2. The summed E-state index contributed by atoms with van der Waals surface area (Å²) in [4.78, 5) is 4.46. The van der Waals surface area contributed by atoms with Crippen LogP contribution in [0.25, 0.3) is 21.9 Å². The summed E-state index contributed by atoms with van der Waals surface area (Å²) in [6.07, 6.45) is 1.79. The largest absolute Gasteiger partial charge is 0.459 e. The maximum absolute atomic E-state index is 6.41. The van der Waals surface area contributed by atoms with Crippen LogP contribution in [0.15, 0.2) is 71.3 Å². The Labute approximate surface area is 122 Å². The molecule has 1 atom stereocenters. The molecule has 3 nitrogen and oxygen atoms in total. The first-order valence-corrected chi connectivity index (χ1v) is 6.90. The molecular formula is C18H14N2O. The molecule has 102 valence electrons. The predicted molar refractivity (Wildman–Crippen MR) is 84.0 cm³/mol. The number of hydrogen-bond donors (Lipinski definition) is 1. The van der Waals surface area contributed by atoms with Gasteiger partial charge < -0.3 is 10.2 Å². The van der Waals surface area contributed by atoms with Crippen molar-refractivity contribution in [1.29, 1.82) is 0 Å². The van der Waals surface area contributed by atoms with E-state index in [2.05, 4.69) is 4.98 Å². The summed E-state index contributed by atoms with van der Waals surface area (Å²) in [7, 11) is 0. The highest BCUT2D eigenvalue weighted by Gasteiger charge is 2.17. The Hall–Kier alpha value is -2.65. The van der Waals surface area contributed by atoms with E-state index < -0.39 is 0 Å². The Kier molecular flexibility index (Phi) is 2.72. The predicted octanol–water partition coefficient (Wildman–Crippen LogP) is 4.03. The molecule has 0 fully saturated rings. The molecule has 21 heavy (non-hydrogen) atoms. The highest BCUT2D eigenvalue weighted by molar-refractivity contribution is 5.83. The second-order valence-corrected chi connectivity index (χ2v) is 5.09. The lowest BCUT2D eigenvalue weighted by Gasteiger charge is -2.11. The lowest BCUT2D eigenvalue weighted by atomic mass is 10.0. The first-order valence-electron chi connectivity index (χ1n) is 6.90. The van der Waals surface area contributed by atoms with Crippen LogP contribution in [-0.2, 0) is 0 Å². The summed E-state index contributed by atoms with van der Waals surface area (Å²) in [5.74, 6) is 0.759. The number of nitrogens with two attached hydrogens (primary N) is 1. The summed E-state index contributed by atoms with van der Waals surface area (Å²) in [6.45, 7) is 0. The van der Waals surface area contributed by atoms with Gasteiger partial charge >= 0.3 is 0 Å². The third-order valence-electron chi connectivity index (χ3n) is 3.75. The summed E-state index contributed by atoms with van der Waals surface area (Å²) < 4.78 is 5.88. The van der Waals surface area contributed by atoms with Gasteiger partial charge in [-0.3, -0.25) is 4.98 Å². The van der Waals surface area contributed by atoms with E-state index >= 15 is 0 Å². The molecule has 2 aromatic carbocycles. The molecule has 2 N–H and O–H groups in total. The third kappa shape index (κ3) is 1.99. The molecule has 0 amide bonds. The van der Waals surface area contributed by atoms with E-state index in [1.807, 2.05) is 60.7 Å². The van der Waals surface area contributed by atoms with E-state index in [4.69, 9.17) is 10.2 Å². The third-order valence-corrected chi connectivity index (χ3v) is 3.75. The van der Waals surface area contributed by atoms with Crippen molar-refractivity contribution in [1.82, 2.24) is 4.98 Å². The average molecular weight is 274 g/mol. The van der Waals surface area contributed by atoms with Gasteiger partial charge in [-0.25, -0.2) is 0 Å². The fourth-order valence-electron chi connectivity index (χ4n) is 2.69. The summed E-state index contributed by atoms with van der Waals surface area (Å²) >= 11 is 0. The highest BCUT2D eigenvalue weighted by atomic mass is 16.3. The van der Waals surface area contributed by atoms with Crippen LogP contribution in [0.1, 0.15) is 17.4 Å². The van der Waals surface area contributed by atoms with E-state index in [1.165, 1.54) is 0 Å². The molecule has 2 heterocycles. The van der Waals surface area contributed by atoms with Gasteiger partial charge in [0, 0.05) is 22.5 Å². The molecule has 4 aromatic rings. The first kappa shape index (κ1) is 12.1. The van der Waals surface area contributed by atoms with Crippen LogP contribution >= 0.6 is 0 Å².